The van der Waals surface area contributed by atoms with Crippen molar-refractivity contribution in [3.8, 4) is 0 Å². The zero-order chi connectivity index (χ0) is 16.7. The second-order valence-electron chi connectivity index (χ2n) is 5.02. The fraction of sp³-hybridized carbons (Fsp3) is 0.467. The highest BCUT2D eigenvalue weighted by molar-refractivity contribution is 6.35. The van der Waals surface area contributed by atoms with Crippen molar-refractivity contribution < 1.29 is 14.7 Å². The quantitative estimate of drug-likeness (QED) is 0.676. The summed E-state index contributed by atoms with van der Waals surface area (Å²) in [6.45, 7) is 3.63. The first kappa shape index (κ1) is 18.7. The smallest absolute Gasteiger partial charge is 0.320 e. The molecule has 0 saturated carbocycles. The normalized spacial score (nSPS) is 13.5. The molecule has 2 atom stereocenters. The SMILES string of the molecule is CCCC(NCC(=O)NC(C)c1ccc(Cl)cc1Cl)C(=O)O. The van der Waals surface area contributed by atoms with Gasteiger partial charge in [-0.05, 0) is 31.0 Å². The van der Waals surface area contributed by atoms with E-state index in [0.717, 1.165) is 12.0 Å². The lowest BCUT2D eigenvalue weighted by Crippen LogP contribution is -2.43. The molecule has 0 aliphatic carbocycles. The third-order valence-corrected chi connectivity index (χ3v) is 3.75. The van der Waals surface area contributed by atoms with Crippen LogP contribution >= 0.6 is 23.2 Å². The largest absolute Gasteiger partial charge is 0.480 e. The lowest BCUT2D eigenvalue weighted by atomic mass is 10.1. The van der Waals surface area contributed by atoms with Gasteiger partial charge in [0.15, 0.2) is 0 Å². The van der Waals surface area contributed by atoms with E-state index in [9.17, 15) is 9.59 Å². The maximum Gasteiger partial charge on any atom is 0.320 e. The van der Waals surface area contributed by atoms with Crippen LogP contribution in [0.15, 0.2) is 18.2 Å². The van der Waals surface area contributed by atoms with Gasteiger partial charge in [-0.1, -0.05) is 42.6 Å². The number of carboxylic acid groups (broad SMARTS) is 1. The Hall–Kier alpha value is -1.30. The van der Waals surface area contributed by atoms with Crippen LogP contribution in [0.5, 0.6) is 0 Å². The summed E-state index contributed by atoms with van der Waals surface area (Å²) < 4.78 is 0. The molecule has 1 aromatic carbocycles. The summed E-state index contributed by atoms with van der Waals surface area (Å²) in [6.07, 6.45) is 1.20. The van der Waals surface area contributed by atoms with Gasteiger partial charge in [-0.3, -0.25) is 14.9 Å². The van der Waals surface area contributed by atoms with Crippen LogP contribution in [-0.4, -0.2) is 29.6 Å². The van der Waals surface area contributed by atoms with Crippen LogP contribution in [-0.2, 0) is 9.59 Å². The minimum Gasteiger partial charge on any atom is -0.480 e. The van der Waals surface area contributed by atoms with Crippen molar-refractivity contribution in [3.05, 3.63) is 33.8 Å². The van der Waals surface area contributed by atoms with Gasteiger partial charge in [-0.25, -0.2) is 0 Å². The molecule has 0 aliphatic rings. The average Bonchev–Trinajstić information content (AvgIpc) is 2.42. The van der Waals surface area contributed by atoms with Crippen molar-refractivity contribution >= 4 is 35.1 Å². The third kappa shape index (κ3) is 5.83. The molecule has 0 heterocycles. The molecular formula is C15H20Cl2N2O3. The molecule has 0 aromatic heterocycles. The molecule has 122 valence electrons. The van der Waals surface area contributed by atoms with Gasteiger partial charge < -0.3 is 10.4 Å². The number of nitrogens with one attached hydrogen (secondary N) is 2. The molecule has 2 unspecified atom stereocenters. The number of carboxylic acids is 1. The van der Waals surface area contributed by atoms with Crippen LogP contribution in [0.2, 0.25) is 10.0 Å². The first-order chi connectivity index (χ1) is 10.3. The number of aliphatic carboxylic acids is 1. The first-order valence-electron chi connectivity index (χ1n) is 7.05. The standard InChI is InChI=1S/C15H20Cl2N2O3/c1-3-4-13(15(21)22)18-8-14(20)19-9(2)11-6-5-10(16)7-12(11)17/h5-7,9,13,18H,3-4,8H2,1-2H3,(H,19,20)(H,21,22). The van der Waals surface area contributed by atoms with Crippen molar-refractivity contribution in [2.75, 3.05) is 6.54 Å². The molecule has 0 bridgehead atoms. The van der Waals surface area contributed by atoms with E-state index >= 15 is 0 Å². The summed E-state index contributed by atoms with van der Waals surface area (Å²) >= 11 is 11.9. The molecule has 1 rings (SSSR count). The van der Waals surface area contributed by atoms with Crippen molar-refractivity contribution in [2.24, 2.45) is 0 Å². The molecular weight excluding hydrogens is 327 g/mol. The number of halogens is 2. The highest BCUT2D eigenvalue weighted by Crippen LogP contribution is 2.25. The Kier molecular flexibility index (Phi) is 7.65. The highest BCUT2D eigenvalue weighted by Gasteiger charge is 2.18. The number of hydrogen-bond donors (Lipinski definition) is 3. The monoisotopic (exact) mass is 346 g/mol. The lowest BCUT2D eigenvalue weighted by Gasteiger charge is -2.18. The predicted molar refractivity (Wildman–Crippen MR) is 87.4 cm³/mol. The van der Waals surface area contributed by atoms with Gasteiger partial charge in [0.05, 0.1) is 12.6 Å². The van der Waals surface area contributed by atoms with E-state index in [4.69, 9.17) is 28.3 Å². The Labute approximate surface area is 140 Å². The summed E-state index contributed by atoms with van der Waals surface area (Å²) in [6, 6.07) is 4.05. The molecule has 5 nitrogen and oxygen atoms in total. The van der Waals surface area contributed by atoms with E-state index in [1.54, 1.807) is 25.1 Å². The number of carbonyl (C=O) groups excluding carboxylic acids is 1. The molecule has 0 spiro atoms. The van der Waals surface area contributed by atoms with Crippen LogP contribution in [0.3, 0.4) is 0 Å². The van der Waals surface area contributed by atoms with E-state index < -0.39 is 12.0 Å². The van der Waals surface area contributed by atoms with Gasteiger partial charge >= 0.3 is 5.97 Å². The van der Waals surface area contributed by atoms with Gasteiger partial charge in [0.2, 0.25) is 5.91 Å². The maximum atomic E-state index is 11.9. The molecule has 3 N–H and O–H groups in total. The summed E-state index contributed by atoms with van der Waals surface area (Å²) in [5, 5.41) is 15.5. The zero-order valence-corrected chi connectivity index (χ0v) is 14.0. The van der Waals surface area contributed by atoms with Crippen LogP contribution in [0.25, 0.3) is 0 Å². The Morgan fingerprint density at radius 3 is 2.55 bits per heavy atom. The Bertz CT molecular complexity index is 538. The molecule has 7 heteroatoms. The Morgan fingerprint density at radius 2 is 2.00 bits per heavy atom. The third-order valence-electron chi connectivity index (χ3n) is 3.19. The first-order valence-corrected chi connectivity index (χ1v) is 7.81. The van der Waals surface area contributed by atoms with Gasteiger partial charge in [-0.15, -0.1) is 0 Å². The number of rotatable bonds is 8. The Balaban J connectivity index is 2.55. The number of carbonyl (C=O) groups is 2. The van der Waals surface area contributed by atoms with Crippen molar-refractivity contribution in [2.45, 2.75) is 38.8 Å². The molecule has 22 heavy (non-hydrogen) atoms. The average molecular weight is 347 g/mol. The predicted octanol–water partition coefficient (Wildman–Crippen LogP) is 3.01. The van der Waals surface area contributed by atoms with Crippen LogP contribution < -0.4 is 10.6 Å². The van der Waals surface area contributed by atoms with Gasteiger partial charge in [0, 0.05) is 10.0 Å². The van der Waals surface area contributed by atoms with Crippen molar-refractivity contribution in [1.29, 1.82) is 0 Å². The van der Waals surface area contributed by atoms with Crippen LogP contribution in [0, 0.1) is 0 Å². The molecule has 0 saturated heterocycles. The van der Waals surface area contributed by atoms with Crippen molar-refractivity contribution in [1.82, 2.24) is 10.6 Å². The van der Waals surface area contributed by atoms with E-state index in [1.807, 2.05) is 6.92 Å². The van der Waals surface area contributed by atoms with E-state index in [-0.39, 0.29) is 18.5 Å². The number of hydrogen-bond acceptors (Lipinski definition) is 3. The summed E-state index contributed by atoms with van der Waals surface area (Å²) in [7, 11) is 0. The fourth-order valence-corrected chi connectivity index (χ4v) is 2.61. The van der Waals surface area contributed by atoms with E-state index in [1.165, 1.54) is 0 Å². The zero-order valence-electron chi connectivity index (χ0n) is 12.5. The summed E-state index contributed by atoms with van der Waals surface area (Å²) in [5.74, 6) is -1.25. The second-order valence-corrected chi connectivity index (χ2v) is 5.86. The molecule has 0 aliphatic heterocycles. The number of benzene rings is 1. The summed E-state index contributed by atoms with van der Waals surface area (Å²) in [4.78, 5) is 22.9. The highest BCUT2D eigenvalue weighted by atomic mass is 35.5. The van der Waals surface area contributed by atoms with E-state index in [2.05, 4.69) is 10.6 Å². The van der Waals surface area contributed by atoms with Crippen molar-refractivity contribution in [3.63, 3.8) is 0 Å². The van der Waals surface area contributed by atoms with E-state index in [0.29, 0.717) is 16.5 Å². The van der Waals surface area contributed by atoms with Gasteiger partial charge in [0.1, 0.15) is 6.04 Å². The summed E-state index contributed by atoms with van der Waals surface area (Å²) in [5.41, 5.74) is 0.753. The lowest BCUT2D eigenvalue weighted by molar-refractivity contribution is -0.139. The van der Waals surface area contributed by atoms with Gasteiger partial charge in [-0.2, -0.15) is 0 Å². The minimum absolute atomic E-state index is 0.0630. The molecule has 0 fully saturated rings. The Morgan fingerprint density at radius 1 is 1.32 bits per heavy atom. The molecule has 0 radical (unpaired) electrons. The topological polar surface area (TPSA) is 78.4 Å². The van der Waals surface area contributed by atoms with Crippen LogP contribution in [0.1, 0.15) is 38.3 Å². The fourth-order valence-electron chi connectivity index (χ4n) is 2.04. The minimum atomic E-state index is -0.955. The molecule has 1 amide bonds. The number of amides is 1. The maximum absolute atomic E-state index is 11.9. The molecule has 1 aromatic rings. The van der Waals surface area contributed by atoms with Gasteiger partial charge in [0.25, 0.3) is 0 Å². The van der Waals surface area contributed by atoms with Crippen LogP contribution in [0.4, 0.5) is 0 Å². The second kappa shape index (κ2) is 8.98.